The van der Waals surface area contributed by atoms with Crippen LogP contribution in [0.15, 0.2) is 60.7 Å². The highest BCUT2D eigenvalue weighted by Crippen LogP contribution is 2.22. The third-order valence-corrected chi connectivity index (χ3v) is 6.74. The summed E-state index contributed by atoms with van der Waals surface area (Å²) in [6.07, 6.45) is -1.66. The summed E-state index contributed by atoms with van der Waals surface area (Å²) >= 11 is 0. The Kier molecular flexibility index (Phi) is 13.5. The van der Waals surface area contributed by atoms with Gasteiger partial charge in [-0.3, -0.25) is 19.2 Å². The molecule has 2 saturated heterocycles. The van der Waals surface area contributed by atoms with Gasteiger partial charge in [-0.05, 0) is 45.2 Å². The van der Waals surface area contributed by atoms with Gasteiger partial charge in [0, 0.05) is 32.0 Å². The molecule has 14 nitrogen and oxygen atoms in total. The maximum absolute atomic E-state index is 12.4. The minimum Gasteiger partial charge on any atom is -0.466 e. The second-order valence-electron chi connectivity index (χ2n) is 11.6. The number of hydrogen-bond donors (Lipinski definition) is 1. The van der Waals surface area contributed by atoms with E-state index in [9.17, 15) is 28.8 Å². The average molecular weight is 656 g/mol. The number of piperidine rings is 1. The van der Waals surface area contributed by atoms with Crippen molar-refractivity contribution in [3.05, 3.63) is 71.8 Å². The van der Waals surface area contributed by atoms with Gasteiger partial charge in [-0.15, -0.1) is 0 Å². The molecule has 1 N–H and O–H groups in total. The predicted molar refractivity (Wildman–Crippen MR) is 165 cm³/mol. The normalized spacial score (nSPS) is 17.5. The topological polar surface area (TPSA) is 167 Å². The number of esters is 1. The molecule has 4 amide bonds. The second-order valence-corrected chi connectivity index (χ2v) is 11.6. The van der Waals surface area contributed by atoms with E-state index in [1.807, 2.05) is 36.4 Å². The largest absolute Gasteiger partial charge is 0.534 e. The number of carbonyl (C=O) groups is 6. The van der Waals surface area contributed by atoms with E-state index in [2.05, 4.69) is 10.2 Å². The molecule has 254 valence electrons. The number of amides is 4. The Labute approximate surface area is 273 Å². The molecule has 0 aliphatic carbocycles. The summed E-state index contributed by atoms with van der Waals surface area (Å²) in [6.45, 7) is 7.89. The number of nitrogens with one attached hydrogen (secondary N) is 1. The predicted octanol–water partition coefficient (Wildman–Crippen LogP) is 4.51. The van der Waals surface area contributed by atoms with Crippen LogP contribution in [-0.4, -0.2) is 77.4 Å². The van der Waals surface area contributed by atoms with E-state index in [4.69, 9.17) is 18.9 Å². The highest BCUT2D eigenvalue weighted by molar-refractivity contribution is 6.01. The van der Waals surface area contributed by atoms with E-state index < -0.39 is 53.7 Å². The lowest BCUT2D eigenvalue weighted by Crippen LogP contribution is -2.55. The molecule has 2 aromatic carbocycles. The molecule has 2 atom stereocenters. The summed E-state index contributed by atoms with van der Waals surface area (Å²) in [5, 5.41) is 3.20. The standard InChI is InChI=1S/C21H30N2O6.C12H11NO5/c1-5-27-18(24)16-13-23(20(26)29-21(2,3)4)12-11-17(16)22-19(25)28-14-15-9-7-6-8-10-15;14-10-6-7-11(15)13(10)18-12(16)17-8-9-4-2-1-3-5-9/h6-10,16-17H,5,11-14H2,1-4H3,(H,22,25);1-5H,6-8H2/t16-,17+;/m1./s1. The van der Waals surface area contributed by atoms with Crippen LogP contribution in [0.3, 0.4) is 0 Å². The summed E-state index contributed by atoms with van der Waals surface area (Å²) in [5.74, 6) is -2.22. The van der Waals surface area contributed by atoms with Crippen molar-refractivity contribution in [3.63, 3.8) is 0 Å². The molecule has 0 saturated carbocycles. The van der Waals surface area contributed by atoms with Crippen molar-refractivity contribution in [1.29, 1.82) is 0 Å². The number of ether oxygens (including phenoxy) is 4. The van der Waals surface area contributed by atoms with Crippen LogP contribution in [0.25, 0.3) is 0 Å². The first-order valence-corrected chi connectivity index (χ1v) is 15.2. The van der Waals surface area contributed by atoms with Crippen molar-refractivity contribution in [2.24, 2.45) is 5.92 Å². The summed E-state index contributed by atoms with van der Waals surface area (Å²) < 4.78 is 20.6. The van der Waals surface area contributed by atoms with Gasteiger partial charge in [-0.1, -0.05) is 65.7 Å². The molecular weight excluding hydrogens is 614 g/mol. The van der Waals surface area contributed by atoms with Gasteiger partial charge >= 0.3 is 24.3 Å². The Morgan fingerprint density at radius 1 is 0.830 bits per heavy atom. The van der Waals surface area contributed by atoms with Crippen molar-refractivity contribution < 1.29 is 52.6 Å². The van der Waals surface area contributed by atoms with E-state index in [0.717, 1.165) is 11.1 Å². The van der Waals surface area contributed by atoms with Crippen molar-refractivity contribution >= 4 is 36.1 Å². The van der Waals surface area contributed by atoms with Crippen LogP contribution >= 0.6 is 0 Å². The zero-order valence-electron chi connectivity index (χ0n) is 27.0. The fourth-order valence-electron chi connectivity index (χ4n) is 4.50. The van der Waals surface area contributed by atoms with Gasteiger partial charge in [-0.2, -0.15) is 0 Å². The van der Waals surface area contributed by atoms with Crippen molar-refractivity contribution in [2.75, 3.05) is 19.7 Å². The van der Waals surface area contributed by atoms with Crippen molar-refractivity contribution in [2.45, 2.75) is 71.8 Å². The van der Waals surface area contributed by atoms with Crippen LogP contribution in [0, 0.1) is 5.92 Å². The Morgan fingerprint density at radius 3 is 1.91 bits per heavy atom. The number of benzene rings is 2. The number of rotatable bonds is 8. The number of likely N-dealkylation sites (tertiary alicyclic amines) is 1. The third kappa shape index (κ3) is 12.3. The van der Waals surface area contributed by atoms with Gasteiger partial charge in [0.05, 0.1) is 12.5 Å². The van der Waals surface area contributed by atoms with Crippen molar-refractivity contribution in [1.82, 2.24) is 15.3 Å². The number of hydrogen-bond acceptors (Lipinski definition) is 11. The molecule has 0 radical (unpaired) electrons. The first-order valence-electron chi connectivity index (χ1n) is 15.2. The number of hydroxylamine groups is 2. The average Bonchev–Trinajstić information content (AvgIpc) is 3.35. The van der Waals surface area contributed by atoms with Crippen LogP contribution in [0.4, 0.5) is 14.4 Å². The second kappa shape index (κ2) is 17.5. The van der Waals surface area contributed by atoms with Crippen LogP contribution < -0.4 is 5.32 Å². The molecular formula is C33H41N3O11. The SMILES string of the molecule is CCOC(=O)[C@@H]1CN(C(=O)OC(C)(C)C)CC[C@@H]1NC(=O)OCc1ccccc1.O=C(OCc1ccccc1)ON1C(=O)CCC1=O. The molecule has 0 aromatic heterocycles. The molecule has 2 aromatic rings. The zero-order chi connectivity index (χ0) is 34.4. The highest BCUT2D eigenvalue weighted by Gasteiger charge is 2.39. The number of carbonyl (C=O) groups excluding carboxylic acids is 6. The third-order valence-electron chi connectivity index (χ3n) is 6.74. The van der Waals surface area contributed by atoms with Gasteiger partial charge < -0.3 is 29.2 Å². The lowest BCUT2D eigenvalue weighted by molar-refractivity contribution is -0.177. The summed E-state index contributed by atoms with van der Waals surface area (Å²) in [4.78, 5) is 76.6. The Balaban J connectivity index is 0.000000284. The van der Waals surface area contributed by atoms with Crippen molar-refractivity contribution in [3.8, 4) is 0 Å². The molecule has 2 fully saturated rings. The first-order chi connectivity index (χ1) is 22.4. The summed E-state index contributed by atoms with van der Waals surface area (Å²) in [6, 6.07) is 17.8. The van der Waals surface area contributed by atoms with E-state index in [1.165, 1.54) is 4.90 Å². The molecule has 2 aliphatic rings. The van der Waals surface area contributed by atoms with E-state index >= 15 is 0 Å². The molecule has 14 heteroatoms. The van der Waals surface area contributed by atoms with E-state index in [0.29, 0.717) is 18.0 Å². The van der Waals surface area contributed by atoms with E-state index in [-0.39, 0.29) is 39.2 Å². The van der Waals surface area contributed by atoms with Crippen LogP contribution in [0.5, 0.6) is 0 Å². The monoisotopic (exact) mass is 655 g/mol. The number of alkyl carbamates (subject to hydrolysis) is 1. The van der Waals surface area contributed by atoms with Gasteiger partial charge in [0.1, 0.15) is 18.8 Å². The first kappa shape index (κ1) is 36.3. The molecule has 2 aliphatic heterocycles. The summed E-state index contributed by atoms with van der Waals surface area (Å²) in [7, 11) is 0. The van der Waals surface area contributed by atoms with Crippen LogP contribution in [0.1, 0.15) is 58.1 Å². The van der Waals surface area contributed by atoms with E-state index in [1.54, 1.807) is 52.0 Å². The molecule has 0 spiro atoms. The number of imide groups is 1. The quantitative estimate of drug-likeness (QED) is 0.242. The lowest BCUT2D eigenvalue weighted by atomic mass is 9.92. The maximum Gasteiger partial charge on any atom is 0.534 e. The Hall–Kier alpha value is -5.14. The Morgan fingerprint density at radius 2 is 1.38 bits per heavy atom. The molecule has 2 heterocycles. The molecule has 4 rings (SSSR count). The van der Waals surface area contributed by atoms with Crippen LogP contribution in [0.2, 0.25) is 0 Å². The molecule has 47 heavy (non-hydrogen) atoms. The number of nitrogens with zero attached hydrogens (tertiary/aromatic N) is 2. The Bertz CT molecular complexity index is 1360. The van der Waals surface area contributed by atoms with Gasteiger partial charge in [-0.25, -0.2) is 14.4 Å². The summed E-state index contributed by atoms with van der Waals surface area (Å²) in [5.41, 5.74) is 1.02. The minimum absolute atomic E-state index is 0.0237. The smallest absolute Gasteiger partial charge is 0.466 e. The van der Waals surface area contributed by atoms with Crippen LogP contribution in [-0.2, 0) is 51.4 Å². The van der Waals surface area contributed by atoms with Gasteiger partial charge in [0.15, 0.2) is 0 Å². The fraction of sp³-hybridized carbons (Fsp3) is 0.455. The van der Waals surface area contributed by atoms with Gasteiger partial charge in [0.25, 0.3) is 11.8 Å². The lowest BCUT2D eigenvalue weighted by Gasteiger charge is -2.37. The molecule has 0 unspecified atom stereocenters. The fourth-order valence-corrected chi connectivity index (χ4v) is 4.50. The maximum atomic E-state index is 12.4. The van der Waals surface area contributed by atoms with Gasteiger partial charge in [0.2, 0.25) is 0 Å². The molecule has 0 bridgehead atoms. The zero-order valence-corrected chi connectivity index (χ0v) is 27.0. The minimum atomic E-state index is -1.07. The highest BCUT2D eigenvalue weighted by atomic mass is 16.8.